The second-order valence-corrected chi connectivity index (χ2v) is 6.14. The summed E-state index contributed by atoms with van der Waals surface area (Å²) in [6.07, 6.45) is 5.55. The van der Waals surface area contributed by atoms with Crippen LogP contribution in [-0.2, 0) is 11.2 Å². The monoisotopic (exact) mass is 355 g/mol. The number of hydrogen-bond acceptors (Lipinski definition) is 4. The summed E-state index contributed by atoms with van der Waals surface area (Å²) >= 11 is 0. The van der Waals surface area contributed by atoms with Crippen molar-refractivity contribution in [1.82, 2.24) is 20.2 Å². The van der Waals surface area contributed by atoms with Gasteiger partial charge in [0.1, 0.15) is 5.69 Å². The van der Waals surface area contributed by atoms with Crippen LogP contribution in [0.2, 0.25) is 0 Å². The predicted molar refractivity (Wildman–Crippen MR) is 90.1 cm³/mol. The van der Waals surface area contributed by atoms with Crippen molar-refractivity contribution in [3.63, 3.8) is 0 Å². The molecule has 4 rings (SSSR count). The fraction of sp³-hybridized carbons (Fsp3) is 0.222. The predicted octanol–water partition coefficient (Wildman–Crippen LogP) is 2.74. The molecule has 132 valence electrons. The van der Waals surface area contributed by atoms with Crippen LogP contribution in [0.3, 0.4) is 0 Å². The Morgan fingerprint density at radius 1 is 1.19 bits per heavy atom. The molecular formula is C18H15F2N5O. The molecule has 8 heteroatoms. The lowest BCUT2D eigenvalue weighted by Gasteiger charge is -2.14. The van der Waals surface area contributed by atoms with Gasteiger partial charge in [0.15, 0.2) is 11.6 Å². The van der Waals surface area contributed by atoms with Crippen molar-refractivity contribution >= 4 is 11.7 Å². The zero-order chi connectivity index (χ0) is 18.1. The number of rotatable bonds is 4. The van der Waals surface area contributed by atoms with Crippen molar-refractivity contribution in [3.8, 4) is 11.3 Å². The van der Waals surface area contributed by atoms with Crippen LogP contribution in [0.5, 0.6) is 0 Å². The number of pyridine rings is 2. The molecule has 0 bridgehead atoms. The SMILES string of the molecule is O=C1C(Cc2ccc(F)nc2)CCN1c1n[nH]c(-c2ccncc2)c1F. The average Bonchev–Trinajstić information content (AvgIpc) is 3.21. The summed E-state index contributed by atoms with van der Waals surface area (Å²) in [5.41, 5.74) is 1.60. The molecule has 26 heavy (non-hydrogen) atoms. The van der Waals surface area contributed by atoms with Crippen LogP contribution in [0, 0.1) is 17.7 Å². The van der Waals surface area contributed by atoms with Gasteiger partial charge in [0.25, 0.3) is 0 Å². The minimum atomic E-state index is -0.561. The third-order valence-corrected chi connectivity index (χ3v) is 4.50. The minimum Gasteiger partial charge on any atom is -0.293 e. The molecule has 6 nitrogen and oxygen atoms in total. The Bertz CT molecular complexity index is 927. The number of nitrogens with one attached hydrogen (secondary N) is 1. The van der Waals surface area contributed by atoms with Crippen molar-refractivity contribution in [3.05, 3.63) is 60.2 Å². The van der Waals surface area contributed by atoms with Gasteiger partial charge in [0.2, 0.25) is 11.9 Å². The van der Waals surface area contributed by atoms with Gasteiger partial charge in [-0.25, -0.2) is 9.37 Å². The summed E-state index contributed by atoms with van der Waals surface area (Å²) in [7, 11) is 0. The van der Waals surface area contributed by atoms with Crippen LogP contribution in [0.25, 0.3) is 11.3 Å². The van der Waals surface area contributed by atoms with E-state index in [1.54, 1.807) is 30.6 Å². The number of amides is 1. The third kappa shape index (κ3) is 2.94. The number of carbonyl (C=O) groups is 1. The summed E-state index contributed by atoms with van der Waals surface area (Å²) in [5.74, 6) is -1.62. The summed E-state index contributed by atoms with van der Waals surface area (Å²) in [5, 5.41) is 6.66. The molecule has 1 aliphatic rings. The molecule has 0 spiro atoms. The Morgan fingerprint density at radius 3 is 2.73 bits per heavy atom. The Hall–Kier alpha value is -3.16. The van der Waals surface area contributed by atoms with Crippen molar-refractivity contribution in [2.24, 2.45) is 5.92 Å². The van der Waals surface area contributed by atoms with Crippen LogP contribution < -0.4 is 4.90 Å². The van der Waals surface area contributed by atoms with Crippen molar-refractivity contribution in [1.29, 1.82) is 0 Å². The van der Waals surface area contributed by atoms with E-state index in [2.05, 4.69) is 20.2 Å². The molecule has 1 saturated heterocycles. The molecule has 0 aromatic carbocycles. The Labute approximate surface area is 147 Å². The zero-order valence-corrected chi connectivity index (χ0v) is 13.7. The first kappa shape index (κ1) is 16.3. The van der Waals surface area contributed by atoms with Crippen molar-refractivity contribution in [2.45, 2.75) is 12.8 Å². The fourth-order valence-electron chi connectivity index (χ4n) is 3.16. The van der Waals surface area contributed by atoms with Gasteiger partial charge in [0.05, 0.1) is 0 Å². The minimum absolute atomic E-state index is 0.00143. The number of anilines is 1. The van der Waals surface area contributed by atoms with Gasteiger partial charge in [-0.15, -0.1) is 0 Å². The summed E-state index contributed by atoms with van der Waals surface area (Å²) in [6, 6.07) is 6.20. The normalized spacial score (nSPS) is 17.1. The lowest BCUT2D eigenvalue weighted by atomic mass is 9.99. The molecule has 0 radical (unpaired) electrons. The van der Waals surface area contributed by atoms with Gasteiger partial charge in [-0.3, -0.25) is 19.8 Å². The Kier molecular flexibility index (Phi) is 4.16. The number of aromatic amines is 1. The van der Waals surface area contributed by atoms with E-state index in [-0.39, 0.29) is 23.3 Å². The van der Waals surface area contributed by atoms with Crippen LogP contribution in [0.4, 0.5) is 14.6 Å². The topological polar surface area (TPSA) is 74.8 Å². The van der Waals surface area contributed by atoms with Gasteiger partial charge in [-0.05, 0) is 36.6 Å². The highest BCUT2D eigenvalue weighted by Crippen LogP contribution is 2.32. The second-order valence-electron chi connectivity index (χ2n) is 6.14. The van der Waals surface area contributed by atoms with Crippen molar-refractivity contribution in [2.75, 3.05) is 11.4 Å². The zero-order valence-electron chi connectivity index (χ0n) is 13.7. The van der Waals surface area contributed by atoms with E-state index in [0.29, 0.717) is 24.9 Å². The van der Waals surface area contributed by atoms with E-state index in [1.807, 2.05) is 0 Å². The summed E-state index contributed by atoms with van der Waals surface area (Å²) < 4.78 is 27.7. The molecule has 4 heterocycles. The first-order valence-corrected chi connectivity index (χ1v) is 8.19. The molecule has 0 saturated carbocycles. The van der Waals surface area contributed by atoms with Gasteiger partial charge in [-0.1, -0.05) is 6.07 Å². The molecule has 1 fully saturated rings. The van der Waals surface area contributed by atoms with Gasteiger partial charge >= 0.3 is 0 Å². The molecular weight excluding hydrogens is 340 g/mol. The lowest BCUT2D eigenvalue weighted by Crippen LogP contribution is -2.28. The van der Waals surface area contributed by atoms with E-state index in [9.17, 15) is 13.6 Å². The molecule has 1 N–H and O–H groups in total. The average molecular weight is 355 g/mol. The van der Waals surface area contributed by atoms with E-state index in [0.717, 1.165) is 5.56 Å². The smallest absolute Gasteiger partial charge is 0.231 e. The lowest BCUT2D eigenvalue weighted by molar-refractivity contribution is -0.120. The maximum absolute atomic E-state index is 14.8. The van der Waals surface area contributed by atoms with E-state index in [1.165, 1.54) is 17.2 Å². The first-order valence-electron chi connectivity index (χ1n) is 8.19. The molecule has 1 atom stereocenters. The van der Waals surface area contributed by atoms with Gasteiger partial charge in [0, 0.05) is 36.6 Å². The number of aromatic nitrogens is 4. The Morgan fingerprint density at radius 2 is 2.00 bits per heavy atom. The molecule has 3 aromatic rings. The maximum atomic E-state index is 14.8. The molecule has 1 aliphatic heterocycles. The standard InChI is InChI=1S/C18H15F2N5O/c19-14-2-1-11(10-22-14)9-13-5-8-25(18(13)26)17-15(20)16(23-24-17)12-3-6-21-7-4-12/h1-4,6-7,10,13H,5,8-9H2,(H,23,24). The summed E-state index contributed by atoms with van der Waals surface area (Å²) in [6.45, 7) is 0.385. The fourth-order valence-corrected chi connectivity index (χ4v) is 3.16. The molecule has 1 amide bonds. The van der Waals surface area contributed by atoms with Crippen LogP contribution >= 0.6 is 0 Å². The van der Waals surface area contributed by atoms with E-state index < -0.39 is 11.8 Å². The number of halogens is 2. The van der Waals surface area contributed by atoms with E-state index in [4.69, 9.17) is 0 Å². The number of H-pyrrole nitrogens is 1. The second kappa shape index (κ2) is 6.62. The maximum Gasteiger partial charge on any atom is 0.231 e. The largest absolute Gasteiger partial charge is 0.293 e. The first-order chi connectivity index (χ1) is 12.6. The summed E-state index contributed by atoms with van der Waals surface area (Å²) in [4.78, 5) is 21.5. The van der Waals surface area contributed by atoms with Gasteiger partial charge in [-0.2, -0.15) is 9.49 Å². The Balaban J connectivity index is 1.53. The number of nitrogens with zero attached hydrogens (tertiary/aromatic N) is 4. The van der Waals surface area contributed by atoms with Crippen LogP contribution in [0.15, 0.2) is 42.9 Å². The highest BCUT2D eigenvalue weighted by atomic mass is 19.1. The highest BCUT2D eigenvalue weighted by molar-refractivity contribution is 5.97. The third-order valence-electron chi connectivity index (χ3n) is 4.50. The molecule has 3 aromatic heterocycles. The quantitative estimate of drug-likeness (QED) is 0.730. The highest BCUT2D eigenvalue weighted by Gasteiger charge is 2.36. The number of carbonyl (C=O) groups excluding carboxylic acids is 1. The van der Waals surface area contributed by atoms with Gasteiger partial charge < -0.3 is 0 Å². The van der Waals surface area contributed by atoms with E-state index >= 15 is 0 Å². The van der Waals surface area contributed by atoms with Crippen LogP contribution in [-0.4, -0.2) is 32.6 Å². The molecule has 1 unspecified atom stereocenters. The number of hydrogen-bond donors (Lipinski definition) is 1. The van der Waals surface area contributed by atoms with Crippen molar-refractivity contribution < 1.29 is 13.6 Å². The van der Waals surface area contributed by atoms with Crippen LogP contribution in [0.1, 0.15) is 12.0 Å². The molecule has 0 aliphatic carbocycles.